The quantitative estimate of drug-likeness (QED) is 0.0907. The fraction of sp³-hybridized carbons (Fsp3) is 0.250. The van der Waals surface area contributed by atoms with Crippen molar-refractivity contribution in [2.45, 2.75) is 90.9 Å². The Labute approximate surface area is 368 Å². The molecule has 0 aliphatic rings. The summed E-state index contributed by atoms with van der Waals surface area (Å²) >= 11 is 0. The maximum atomic E-state index is 9.63. The number of hydrogen-bond acceptors (Lipinski definition) is 6. The van der Waals surface area contributed by atoms with Crippen LogP contribution in [0.1, 0.15) is 111 Å². The molecule has 6 heteroatoms. The van der Waals surface area contributed by atoms with E-state index >= 15 is 0 Å². The minimum atomic E-state index is -0.172. The summed E-state index contributed by atoms with van der Waals surface area (Å²) < 4.78 is 0. The standard InChI is InChI=1S/C24H26O2.C17H20O2.C15H16O2/c1-23(2,17-8-12-21(25)13-9-17)19-6-5-7-20(16-19)24(3,4)18-10-14-22(26)15-11-18;1-11-9-13(5-7-15(11)18)17(3,4)14-6-8-16(19)12(2)10-14;1-15(2,11-3-7-13(16)8-4-11)12-5-9-14(17)10-6-12/h5-16,25-26H,1-4H3;5-10,18-19H,1-4H3;3-10,16-17H,1-2H3. The first-order valence-corrected chi connectivity index (χ1v) is 20.9. The van der Waals surface area contributed by atoms with Crippen molar-refractivity contribution >= 4 is 0 Å². The lowest BCUT2D eigenvalue weighted by molar-refractivity contribution is 0.469. The van der Waals surface area contributed by atoms with Crippen LogP contribution in [0.3, 0.4) is 0 Å². The van der Waals surface area contributed by atoms with E-state index in [9.17, 15) is 30.6 Å². The van der Waals surface area contributed by atoms with Gasteiger partial charge in [0.2, 0.25) is 0 Å². The van der Waals surface area contributed by atoms with E-state index in [1.807, 2.05) is 86.6 Å². The van der Waals surface area contributed by atoms with Crippen LogP contribution in [0, 0.1) is 13.8 Å². The molecule has 62 heavy (non-hydrogen) atoms. The number of hydrogen-bond donors (Lipinski definition) is 6. The first-order valence-electron chi connectivity index (χ1n) is 20.9. The molecule has 0 heterocycles. The van der Waals surface area contributed by atoms with Gasteiger partial charge in [-0.1, -0.05) is 152 Å². The summed E-state index contributed by atoms with van der Waals surface area (Å²) in [6.45, 7) is 21.1. The molecular formula is C56H62O6. The Morgan fingerprint density at radius 1 is 0.258 bits per heavy atom. The highest BCUT2D eigenvalue weighted by atomic mass is 16.3. The van der Waals surface area contributed by atoms with Crippen LogP contribution >= 0.6 is 0 Å². The average Bonchev–Trinajstić information content (AvgIpc) is 3.24. The SMILES string of the molecule is CC(C)(c1ccc(O)cc1)c1ccc(O)cc1.CC(C)(c1ccc(O)cc1)c1cccc(C(C)(C)c2ccc(O)cc2)c1.Cc1cc(C(C)(C)c2ccc(O)c(C)c2)ccc1O. The van der Waals surface area contributed by atoms with Crippen LogP contribution in [-0.2, 0) is 21.7 Å². The van der Waals surface area contributed by atoms with Crippen LogP contribution in [0.2, 0.25) is 0 Å². The second kappa shape index (κ2) is 18.5. The number of rotatable bonds is 8. The molecule has 7 aromatic carbocycles. The van der Waals surface area contributed by atoms with E-state index in [0.29, 0.717) is 11.5 Å². The molecule has 6 nitrogen and oxygen atoms in total. The largest absolute Gasteiger partial charge is 0.508 e. The van der Waals surface area contributed by atoms with E-state index in [0.717, 1.165) is 44.5 Å². The fourth-order valence-corrected chi connectivity index (χ4v) is 7.56. The summed E-state index contributed by atoms with van der Waals surface area (Å²) in [6, 6.07) is 49.4. The first-order chi connectivity index (χ1) is 29.0. The van der Waals surface area contributed by atoms with Crippen LogP contribution in [0.4, 0.5) is 0 Å². The Kier molecular flexibility index (Phi) is 13.9. The lowest BCUT2D eigenvalue weighted by atomic mass is 9.73. The molecule has 0 aliphatic heterocycles. The van der Waals surface area contributed by atoms with E-state index in [1.165, 1.54) is 11.1 Å². The predicted molar refractivity (Wildman–Crippen MR) is 253 cm³/mol. The van der Waals surface area contributed by atoms with Gasteiger partial charge in [0, 0.05) is 21.7 Å². The highest BCUT2D eigenvalue weighted by Gasteiger charge is 2.28. The van der Waals surface area contributed by atoms with Gasteiger partial charge in [0.25, 0.3) is 0 Å². The highest BCUT2D eigenvalue weighted by Crippen LogP contribution is 2.39. The van der Waals surface area contributed by atoms with Crippen molar-refractivity contribution in [2.24, 2.45) is 0 Å². The minimum Gasteiger partial charge on any atom is -0.508 e. The molecule has 0 fully saturated rings. The summed E-state index contributed by atoms with van der Waals surface area (Å²) in [4.78, 5) is 0. The predicted octanol–water partition coefficient (Wildman–Crippen LogP) is 13.2. The van der Waals surface area contributed by atoms with Crippen molar-refractivity contribution in [3.05, 3.63) is 213 Å². The summed E-state index contributed by atoms with van der Waals surface area (Å²) in [7, 11) is 0. The average molecular weight is 831 g/mol. The monoisotopic (exact) mass is 830 g/mol. The zero-order chi connectivity index (χ0) is 45.6. The molecule has 0 atom stereocenters. The summed E-state index contributed by atoms with van der Waals surface area (Å²) in [5.74, 6) is 1.76. The molecule has 0 saturated heterocycles. The molecular weight excluding hydrogens is 769 g/mol. The molecule has 7 aromatic rings. The second-order valence-corrected chi connectivity index (χ2v) is 18.3. The van der Waals surface area contributed by atoms with Gasteiger partial charge in [-0.3, -0.25) is 0 Å². The topological polar surface area (TPSA) is 121 Å². The summed E-state index contributed by atoms with van der Waals surface area (Å²) in [6.07, 6.45) is 0. The Balaban J connectivity index is 0.000000181. The van der Waals surface area contributed by atoms with Crippen molar-refractivity contribution in [2.75, 3.05) is 0 Å². The molecule has 0 saturated carbocycles. The summed E-state index contributed by atoms with van der Waals surface area (Å²) in [5.41, 5.74) is 10.4. The maximum absolute atomic E-state index is 9.63. The zero-order valence-electron chi connectivity index (χ0n) is 37.7. The number of benzene rings is 7. The third kappa shape index (κ3) is 10.6. The van der Waals surface area contributed by atoms with Crippen LogP contribution in [0.25, 0.3) is 0 Å². The van der Waals surface area contributed by atoms with Gasteiger partial charge >= 0.3 is 0 Å². The van der Waals surface area contributed by atoms with Crippen molar-refractivity contribution in [1.29, 1.82) is 0 Å². The lowest BCUT2D eigenvalue weighted by Crippen LogP contribution is -2.22. The van der Waals surface area contributed by atoms with E-state index in [1.54, 1.807) is 60.7 Å². The van der Waals surface area contributed by atoms with Crippen molar-refractivity contribution in [3.63, 3.8) is 0 Å². The molecule has 322 valence electrons. The van der Waals surface area contributed by atoms with Crippen molar-refractivity contribution in [3.8, 4) is 34.5 Å². The Morgan fingerprint density at radius 3 is 0.726 bits per heavy atom. The number of aryl methyl sites for hydroxylation is 2. The third-order valence-corrected chi connectivity index (χ3v) is 12.5. The number of aromatic hydroxyl groups is 6. The van der Waals surface area contributed by atoms with Gasteiger partial charge in [0.1, 0.15) is 34.5 Å². The van der Waals surface area contributed by atoms with Crippen molar-refractivity contribution in [1.82, 2.24) is 0 Å². The molecule has 0 amide bonds. The minimum absolute atomic E-state index is 0.151. The maximum Gasteiger partial charge on any atom is 0.118 e. The van der Waals surface area contributed by atoms with Gasteiger partial charge in [-0.05, 0) is 130 Å². The molecule has 0 aromatic heterocycles. The molecule has 0 spiro atoms. The van der Waals surface area contributed by atoms with Gasteiger partial charge in [-0.2, -0.15) is 0 Å². The Bertz CT molecular complexity index is 2390. The smallest absolute Gasteiger partial charge is 0.118 e. The van der Waals surface area contributed by atoms with Gasteiger partial charge < -0.3 is 30.6 Å². The molecule has 0 unspecified atom stereocenters. The van der Waals surface area contributed by atoms with Crippen LogP contribution < -0.4 is 0 Å². The highest BCUT2D eigenvalue weighted by molar-refractivity contribution is 5.48. The van der Waals surface area contributed by atoms with Gasteiger partial charge in [-0.15, -0.1) is 0 Å². The molecule has 0 aliphatic carbocycles. The van der Waals surface area contributed by atoms with E-state index in [-0.39, 0.29) is 44.7 Å². The van der Waals surface area contributed by atoms with Crippen LogP contribution in [0.5, 0.6) is 34.5 Å². The molecule has 6 N–H and O–H groups in total. The zero-order valence-corrected chi connectivity index (χ0v) is 37.7. The van der Waals surface area contributed by atoms with Crippen LogP contribution in [0.15, 0.2) is 158 Å². The summed E-state index contributed by atoms with van der Waals surface area (Å²) in [5, 5.41) is 57.0. The fourth-order valence-electron chi connectivity index (χ4n) is 7.56. The Morgan fingerprint density at radius 2 is 0.468 bits per heavy atom. The molecule has 7 rings (SSSR count). The van der Waals surface area contributed by atoms with Gasteiger partial charge in [-0.25, -0.2) is 0 Å². The third-order valence-electron chi connectivity index (χ3n) is 12.5. The van der Waals surface area contributed by atoms with E-state index in [4.69, 9.17) is 0 Å². The number of phenols is 6. The number of phenolic OH excluding ortho intramolecular Hbond substituents is 6. The van der Waals surface area contributed by atoms with Crippen LogP contribution in [-0.4, -0.2) is 30.6 Å². The molecule has 0 bridgehead atoms. The van der Waals surface area contributed by atoms with E-state index < -0.39 is 0 Å². The van der Waals surface area contributed by atoms with Gasteiger partial charge in [0.05, 0.1) is 0 Å². The molecule has 0 radical (unpaired) electrons. The lowest BCUT2D eigenvalue weighted by Gasteiger charge is -2.31. The van der Waals surface area contributed by atoms with Crippen molar-refractivity contribution < 1.29 is 30.6 Å². The van der Waals surface area contributed by atoms with Gasteiger partial charge in [0.15, 0.2) is 0 Å². The van der Waals surface area contributed by atoms with E-state index in [2.05, 4.69) is 79.7 Å². The second-order valence-electron chi connectivity index (χ2n) is 18.3. The first kappa shape index (κ1) is 46.4. The normalized spacial score (nSPS) is 11.8. The Hall–Kier alpha value is -6.66.